The number of nitrogens with zero attached hydrogens (tertiary/aromatic N) is 1. The molecule has 0 aromatic heterocycles. The summed E-state index contributed by atoms with van der Waals surface area (Å²) < 4.78 is 28.9. The highest BCUT2D eigenvalue weighted by Gasteiger charge is 2.24. The van der Waals surface area contributed by atoms with Crippen molar-refractivity contribution in [3.63, 3.8) is 0 Å². The fraction of sp³-hybridized carbons (Fsp3) is 0.409. The third kappa shape index (κ3) is 3.65. The molecule has 1 saturated heterocycles. The summed E-state index contributed by atoms with van der Waals surface area (Å²) in [6.45, 7) is 11.2. The first kappa shape index (κ1) is 20.4. The second-order valence-corrected chi connectivity index (χ2v) is 9.26. The Morgan fingerprint density at radius 1 is 0.821 bits per heavy atom. The molecule has 2 aromatic carbocycles. The van der Waals surface area contributed by atoms with Gasteiger partial charge in [-0.2, -0.15) is 0 Å². The SMILES string of the molecule is Cc1c(C)c(C)c(S(=O)(=O)Nc2ccc(C(=O)N3CCCC3)cc2)c(C)c1C. The molecule has 1 aliphatic rings. The monoisotopic (exact) mass is 400 g/mol. The molecule has 0 aliphatic carbocycles. The minimum atomic E-state index is -3.73. The molecule has 1 fully saturated rings. The fourth-order valence-electron chi connectivity index (χ4n) is 3.86. The van der Waals surface area contributed by atoms with Gasteiger partial charge in [-0.05, 0) is 99.5 Å². The Balaban J connectivity index is 1.88. The lowest BCUT2D eigenvalue weighted by molar-refractivity contribution is 0.0793. The zero-order valence-electron chi connectivity index (χ0n) is 17.2. The van der Waals surface area contributed by atoms with Crippen LogP contribution >= 0.6 is 0 Å². The van der Waals surface area contributed by atoms with Crippen LogP contribution < -0.4 is 4.72 Å². The van der Waals surface area contributed by atoms with E-state index in [1.54, 1.807) is 24.3 Å². The van der Waals surface area contributed by atoms with Gasteiger partial charge in [0.1, 0.15) is 0 Å². The van der Waals surface area contributed by atoms with Gasteiger partial charge in [0, 0.05) is 24.3 Å². The Labute approximate surface area is 167 Å². The highest BCUT2D eigenvalue weighted by Crippen LogP contribution is 2.30. The average molecular weight is 401 g/mol. The van der Waals surface area contributed by atoms with Gasteiger partial charge in [-0.1, -0.05) is 0 Å². The minimum Gasteiger partial charge on any atom is -0.339 e. The minimum absolute atomic E-state index is 0.00313. The van der Waals surface area contributed by atoms with Crippen molar-refractivity contribution in [1.82, 2.24) is 4.90 Å². The Morgan fingerprint density at radius 3 is 1.79 bits per heavy atom. The maximum Gasteiger partial charge on any atom is 0.262 e. The van der Waals surface area contributed by atoms with Crippen molar-refractivity contribution in [2.45, 2.75) is 52.4 Å². The smallest absolute Gasteiger partial charge is 0.262 e. The standard InChI is InChI=1S/C22H28N2O3S/c1-14-15(2)17(4)21(18(5)16(14)3)28(26,27)23-20-10-8-19(9-11-20)22(25)24-12-6-7-13-24/h8-11,23H,6-7,12-13H2,1-5H3. The molecule has 0 saturated carbocycles. The van der Waals surface area contributed by atoms with Crippen LogP contribution in [0, 0.1) is 34.6 Å². The van der Waals surface area contributed by atoms with Crippen molar-refractivity contribution in [2.24, 2.45) is 0 Å². The van der Waals surface area contributed by atoms with E-state index in [1.807, 2.05) is 39.5 Å². The van der Waals surface area contributed by atoms with Gasteiger partial charge >= 0.3 is 0 Å². The van der Waals surface area contributed by atoms with Crippen molar-refractivity contribution >= 4 is 21.6 Å². The van der Waals surface area contributed by atoms with Crippen LogP contribution in [0.1, 0.15) is 51.0 Å². The maximum atomic E-state index is 13.1. The first-order chi connectivity index (χ1) is 13.1. The van der Waals surface area contributed by atoms with Crippen LogP contribution in [0.3, 0.4) is 0 Å². The summed E-state index contributed by atoms with van der Waals surface area (Å²) in [6, 6.07) is 6.67. The van der Waals surface area contributed by atoms with E-state index in [-0.39, 0.29) is 5.91 Å². The molecular formula is C22H28N2O3S. The molecule has 0 spiro atoms. The summed E-state index contributed by atoms with van der Waals surface area (Å²) in [4.78, 5) is 14.6. The first-order valence-electron chi connectivity index (χ1n) is 9.62. The molecule has 0 radical (unpaired) electrons. The summed E-state index contributed by atoms with van der Waals surface area (Å²) in [6.07, 6.45) is 2.08. The molecule has 6 heteroatoms. The quantitative estimate of drug-likeness (QED) is 0.834. The number of amides is 1. The summed E-state index contributed by atoms with van der Waals surface area (Å²) in [5.41, 5.74) is 5.69. The third-order valence-electron chi connectivity index (χ3n) is 5.98. The van der Waals surface area contributed by atoms with E-state index in [1.165, 1.54) is 0 Å². The number of anilines is 1. The molecular weight excluding hydrogens is 372 g/mol. The molecule has 1 amide bonds. The van der Waals surface area contributed by atoms with E-state index in [0.29, 0.717) is 16.1 Å². The lowest BCUT2D eigenvalue weighted by Gasteiger charge is -2.19. The molecule has 150 valence electrons. The Morgan fingerprint density at radius 2 is 1.29 bits per heavy atom. The van der Waals surface area contributed by atoms with Crippen LogP contribution in [0.2, 0.25) is 0 Å². The largest absolute Gasteiger partial charge is 0.339 e. The highest BCUT2D eigenvalue weighted by molar-refractivity contribution is 7.92. The number of hydrogen-bond donors (Lipinski definition) is 1. The molecule has 2 aromatic rings. The summed E-state index contributed by atoms with van der Waals surface area (Å²) in [7, 11) is -3.73. The lowest BCUT2D eigenvalue weighted by Crippen LogP contribution is -2.27. The molecule has 0 atom stereocenters. The van der Waals surface area contributed by atoms with E-state index in [9.17, 15) is 13.2 Å². The summed E-state index contributed by atoms with van der Waals surface area (Å²) in [5.74, 6) is 0.00313. The molecule has 0 unspecified atom stereocenters. The zero-order chi connectivity index (χ0) is 20.6. The van der Waals surface area contributed by atoms with Gasteiger partial charge in [-0.25, -0.2) is 8.42 Å². The fourth-order valence-corrected chi connectivity index (χ4v) is 5.52. The van der Waals surface area contributed by atoms with Crippen LogP contribution in [0.15, 0.2) is 29.2 Å². The second kappa shape index (κ2) is 7.59. The highest BCUT2D eigenvalue weighted by atomic mass is 32.2. The number of likely N-dealkylation sites (tertiary alicyclic amines) is 1. The van der Waals surface area contributed by atoms with E-state index >= 15 is 0 Å². The van der Waals surface area contributed by atoms with Gasteiger partial charge in [0.25, 0.3) is 15.9 Å². The molecule has 1 heterocycles. The van der Waals surface area contributed by atoms with E-state index < -0.39 is 10.0 Å². The number of sulfonamides is 1. The van der Waals surface area contributed by atoms with Gasteiger partial charge < -0.3 is 4.90 Å². The van der Waals surface area contributed by atoms with Crippen LogP contribution in [0.5, 0.6) is 0 Å². The molecule has 0 bridgehead atoms. The van der Waals surface area contributed by atoms with Crippen LogP contribution in [-0.2, 0) is 10.0 Å². The topological polar surface area (TPSA) is 66.5 Å². The van der Waals surface area contributed by atoms with Crippen LogP contribution in [0.4, 0.5) is 5.69 Å². The van der Waals surface area contributed by atoms with Gasteiger partial charge in [0.15, 0.2) is 0 Å². The van der Waals surface area contributed by atoms with E-state index in [0.717, 1.165) is 53.7 Å². The third-order valence-corrected chi connectivity index (χ3v) is 7.63. The molecule has 1 aliphatic heterocycles. The number of carbonyl (C=O) groups excluding carboxylic acids is 1. The van der Waals surface area contributed by atoms with Crippen molar-refractivity contribution in [2.75, 3.05) is 17.8 Å². The zero-order valence-corrected chi connectivity index (χ0v) is 18.0. The molecule has 3 rings (SSSR count). The van der Waals surface area contributed by atoms with Crippen LogP contribution in [0.25, 0.3) is 0 Å². The number of carbonyl (C=O) groups is 1. The normalized spacial score (nSPS) is 14.4. The Kier molecular flexibility index (Phi) is 5.53. The molecule has 1 N–H and O–H groups in total. The van der Waals surface area contributed by atoms with Crippen molar-refractivity contribution in [1.29, 1.82) is 0 Å². The number of nitrogens with one attached hydrogen (secondary N) is 1. The van der Waals surface area contributed by atoms with Crippen molar-refractivity contribution in [3.05, 3.63) is 57.6 Å². The van der Waals surface area contributed by atoms with Gasteiger partial charge in [0.05, 0.1) is 4.90 Å². The average Bonchev–Trinajstić information content (AvgIpc) is 3.19. The van der Waals surface area contributed by atoms with E-state index in [2.05, 4.69) is 4.72 Å². The number of rotatable bonds is 4. The van der Waals surface area contributed by atoms with Gasteiger partial charge in [-0.3, -0.25) is 9.52 Å². The number of benzene rings is 2. The number of hydrogen-bond acceptors (Lipinski definition) is 3. The van der Waals surface area contributed by atoms with Crippen molar-refractivity contribution < 1.29 is 13.2 Å². The van der Waals surface area contributed by atoms with Crippen molar-refractivity contribution in [3.8, 4) is 0 Å². The maximum absolute atomic E-state index is 13.1. The molecule has 5 nitrogen and oxygen atoms in total. The Bertz CT molecular complexity index is 990. The predicted octanol–water partition coefficient (Wildman–Crippen LogP) is 4.27. The lowest BCUT2D eigenvalue weighted by atomic mass is 9.95. The first-order valence-corrected chi connectivity index (χ1v) is 11.1. The molecule has 28 heavy (non-hydrogen) atoms. The Hall–Kier alpha value is -2.34. The predicted molar refractivity (Wildman–Crippen MR) is 113 cm³/mol. The van der Waals surface area contributed by atoms with Gasteiger partial charge in [0.2, 0.25) is 0 Å². The van der Waals surface area contributed by atoms with E-state index in [4.69, 9.17) is 0 Å². The second-order valence-electron chi connectivity index (χ2n) is 7.64. The van der Waals surface area contributed by atoms with Gasteiger partial charge in [-0.15, -0.1) is 0 Å². The van der Waals surface area contributed by atoms with Crippen LogP contribution in [-0.4, -0.2) is 32.3 Å². The summed E-state index contributed by atoms with van der Waals surface area (Å²) >= 11 is 0. The summed E-state index contributed by atoms with van der Waals surface area (Å²) in [5, 5.41) is 0.